The number of allylic oxidation sites excluding steroid dienone is 1. The van der Waals surface area contributed by atoms with Crippen LogP contribution in [0.15, 0.2) is 12.3 Å². The lowest BCUT2D eigenvalue weighted by Crippen LogP contribution is -2.41. The molecular weight excluding hydrogens is 963 g/mol. The van der Waals surface area contributed by atoms with Crippen molar-refractivity contribution in [3.05, 3.63) is 12.3 Å². The second kappa shape index (κ2) is 25.5. The maximum Gasteiger partial charge on any atom is 0.353 e. The summed E-state index contributed by atoms with van der Waals surface area (Å²) in [5, 5.41) is 0.0466. The molecule has 70 heavy (non-hydrogen) atoms. The second-order valence-corrected chi connectivity index (χ2v) is 22.2. The smallest absolute Gasteiger partial charge is 0.334 e. The zero-order chi connectivity index (χ0) is 54.0. The standard InChI is InChI=1S/C16H22N2O5.C15H20N2O6.C14H23NO7S2/c1-10(2)12-9-14(20)17(16(12)22)8-4-5-15(21)23-18-11(3)6-7-13(18)19;1-8(2)10-7-11(18)16(15(10)22)5-4-13(20)23-17-12(19)6-9(3)14(17)21;1-8(2)23-10(4)7-11(24(19,20)21-5)14(18)22-15-12(16)6-9(3)13(15)17/h10,12H,3-9H2,1-2H3;8-10H,4-7H2,1-3H3;8-11H,6-7H2,1-5H3/i7D;;. The summed E-state index contributed by atoms with van der Waals surface area (Å²) in [6.45, 7) is 19.9. The molecule has 7 atom stereocenters. The fourth-order valence-electron chi connectivity index (χ4n) is 7.57. The van der Waals surface area contributed by atoms with Crippen molar-refractivity contribution in [3.8, 4) is 0 Å². The average molecular weight is 1030 g/mol. The first-order valence-electron chi connectivity index (χ1n) is 23.5. The Labute approximate surface area is 413 Å². The Morgan fingerprint density at radius 1 is 0.657 bits per heavy atom. The monoisotopic (exact) mass is 1030 g/mol. The van der Waals surface area contributed by atoms with Gasteiger partial charge in [0.2, 0.25) is 23.6 Å². The first-order valence-corrected chi connectivity index (χ1v) is 25.3. The fourth-order valence-corrected chi connectivity index (χ4v) is 9.96. The molecule has 9 amide bonds. The van der Waals surface area contributed by atoms with E-state index in [1.54, 1.807) is 13.8 Å². The number of amides is 9. The molecule has 0 N–H and O–H groups in total. The van der Waals surface area contributed by atoms with Gasteiger partial charge in [-0.15, -0.1) is 15.2 Å². The number of hydrogen-bond acceptors (Lipinski definition) is 19. The molecule has 7 unspecified atom stereocenters. The molecule has 390 valence electrons. The molecule has 5 rings (SSSR count). The lowest BCUT2D eigenvalue weighted by molar-refractivity contribution is -0.198. The van der Waals surface area contributed by atoms with E-state index in [1.807, 2.05) is 41.5 Å². The zero-order valence-electron chi connectivity index (χ0n) is 42.2. The number of carbonyl (C=O) groups is 12. The molecule has 5 aliphatic heterocycles. The molecule has 0 aliphatic carbocycles. The van der Waals surface area contributed by atoms with E-state index < -0.39 is 81.0 Å². The molecule has 0 bridgehead atoms. The number of nitrogens with zero attached hydrogens (tertiary/aromatic N) is 5. The number of rotatable bonds is 19. The van der Waals surface area contributed by atoms with Crippen LogP contribution in [0.3, 0.4) is 0 Å². The van der Waals surface area contributed by atoms with Gasteiger partial charge in [0, 0.05) is 81.9 Å². The number of likely N-dealkylation sites (tertiary alicyclic amines) is 2. The van der Waals surface area contributed by atoms with Gasteiger partial charge in [-0.25, -0.2) is 14.4 Å². The molecule has 5 aliphatic rings. The average Bonchev–Trinajstić information content (AvgIpc) is 3.97. The predicted molar refractivity (Wildman–Crippen MR) is 244 cm³/mol. The Morgan fingerprint density at radius 3 is 1.51 bits per heavy atom. The fraction of sp³-hybridized carbons (Fsp3) is 0.689. The lowest BCUT2D eigenvalue weighted by Gasteiger charge is -2.21. The van der Waals surface area contributed by atoms with Gasteiger partial charge in [0.1, 0.15) is 0 Å². The van der Waals surface area contributed by atoms with E-state index in [0.717, 1.165) is 17.1 Å². The third kappa shape index (κ3) is 15.5. The number of thioether (sulfide) groups is 1. The minimum Gasteiger partial charge on any atom is -0.334 e. The van der Waals surface area contributed by atoms with Crippen LogP contribution in [0.2, 0.25) is 0 Å². The summed E-state index contributed by atoms with van der Waals surface area (Å²) >= 11 is 1.50. The maximum absolute atomic E-state index is 12.3. The molecule has 0 spiro atoms. The first-order chi connectivity index (χ1) is 32.9. The highest BCUT2D eigenvalue weighted by atomic mass is 32.2. The summed E-state index contributed by atoms with van der Waals surface area (Å²) in [4.78, 5) is 159. The van der Waals surface area contributed by atoms with E-state index >= 15 is 0 Å². The van der Waals surface area contributed by atoms with Crippen LogP contribution in [-0.2, 0) is 86.3 Å². The van der Waals surface area contributed by atoms with Crippen molar-refractivity contribution in [1.82, 2.24) is 25.0 Å². The minimum absolute atomic E-state index is 0.00524. The molecule has 0 aromatic rings. The van der Waals surface area contributed by atoms with E-state index in [-0.39, 0.29) is 134 Å². The van der Waals surface area contributed by atoms with Gasteiger partial charge >= 0.3 is 17.9 Å². The summed E-state index contributed by atoms with van der Waals surface area (Å²) in [6, 6.07) is 0. The number of hydrogen-bond donors (Lipinski definition) is 0. The van der Waals surface area contributed by atoms with Crippen molar-refractivity contribution in [3.63, 3.8) is 0 Å². The Bertz CT molecular complexity index is 2260. The van der Waals surface area contributed by atoms with E-state index in [2.05, 4.69) is 10.8 Å². The van der Waals surface area contributed by atoms with Crippen molar-refractivity contribution < 1.29 is 86.0 Å². The molecule has 5 heterocycles. The van der Waals surface area contributed by atoms with Crippen molar-refractivity contribution in [2.75, 3.05) is 20.2 Å². The Kier molecular flexibility index (Phi) is 20.8. The quantitative estimate of drug-likeness (QED) is 0.133. The molecule has 0 saturated carbocycles. The summed E-state index contributed by atoms with van der Waals surface area (Å²) in [6.07, 6.45) is -0.642. The van der Waals surface area contributed by atoms with Crippen LogP contribution in [0.25, 0.3) is 0 Å². The van der Waals surface area contributed by atoms with Crippen molar-refractivity contribution in [1.29, 1.82) is 0 Å². The minimum atomic E-state index is -4.22. The Morgan fingerprint density at radius 2 is 1.11 bits per heavy atom. The summed E-state index contributed by atoms with van der Waals surface area (Å²) < 4.78 is 36.0. The van der Waals surface area contributed by atoms with E-state index in [0.29, 0.717) is 10.1 Å². The molecular formula is C45H65N5O18S2. The summed E-state index contributed by atoms with van der Waals surface area (Å²) in [7, 11) is -3.27. The van der Waals surface area contributed by atoms with Gasteiger partial charge in [0.15, 0.2) is 5.25 Å². The van der Waals surface area contributed by atoms with E-state index in [9.17, 15) is 66.0 Å². The lowest BCUT2D eigenvalue weighted by atomic mass is 9.94. The van der Waals surface area contributed by atoms with E-state index in [1.165, 1.54) is 23.6 Å². The predicted octanol–water partition coefficient (Wildman–Crippen LogP) is 2.76. The van der Waals surface area contributed by atoms with Crippen LogP contribution in [0.5, 0.6) is 0 Å². The summed E-state index contributed by atoms with van der Waals surface area (Å²) in [5.74, 6) is -8.36. The molecule has 25 heteroatoms. The van der Waals surface area contributed by atoms with Gasteiger partial charge in [0.05, 0.1) is 19.2 Å². The highest BCUT2D eigenvalue weighted by Crippen LogP contribution is 2.30. The van der Waals surface area contributed by atoms with Crippen molar-refractivity contribution in [2.45, 2.75) is 142 Å². The Hall–Kier alpha value is -5.56. The summed E-state index contributed by atoms with van der Waals surface area (Å²) in [5.41, 5.74) is 0.276. The van der Waals surface area contributed by atoms with Gasteiger partial charge in [-0.1, -0.05) is 68.9 Å². The second-order valence-electron chi connectivity index (χ2n) is 18.3. The molecule has 0 aromatic heterocycles. The van der Waals surface area contributed by atoms with Crippen LogP contribution in [-0.4, -0.2) is 140 Å². The molecule has 5 fully saturated rings. The number of carbonyl (C=O) groups excluding carboxylic acids is 12. The molecule has 23 nitrogen and oxygen atoms in total. The largest absolute Gasteiger partial charge is 0.353 e. The highest BCUT2D eigenvalue weighted by Gasteiger charge is 2.45. The van der Waals surface area contributed by atoms with Gasteiger partial charge in [-0.3, -0.25) is 57.1 Å². The third-order valence-electron chi connectivity index (χ3n) is 11.6. The van der Waals surface area contributed by atoms with E-state index in [4.69, 9.17) is 15.9 Å². The van der Waals surface area contributed by atoms with Crippen LogP contribution in [0, 0.1) is 35.5 Å². The van der Waals surface area contributed by atoms with Crippen LogP contribution >= 0.6 is 11.8 Å². The molecule has 5 saturated heterocycles. The highest BCUT2D eigenvalue weighted by molar-refractivity contribution is 8.00. The van der Waals surface area contributed by atoms with Crippen LogP contribution in [0.1, 0.15) is 128 Å². The Balaban J connectivity index is 0.000000282. The van der Waals surface area contributed by atoms with Gasteiger partial charge < -0.3 is 14.5 Å². The number of imide groups is 4. The maximum atomic E-state index is 12.3. The normalized spacial score (nSPS) is 23.9. The van der Waals surface area contributed by atoms with Crippen molar-refractivity contribution in [2.24, 2.45) is 35.5 Å². The van der Waals surface area contributed by atoms with Crippen LogP contribution in [0.4, 0.5) is 0 Å². The topological polar surface area (TPSA) is 292 Å². The zero-order valence-corrected chi connectivity index (χ0v) is 42.8. The van der Waals surface area contributed by atoms with Crippen LogP contribution < -0.4 is 0 Å². The molecule has 0 radical (unpaired) electrons. The first kappa shape index (κ1) is 57.0. The van der Waals surface area contributed by atoms with Crippen molar-refractivity contribution >= 4 is 93.0 Å². The number of hydroxylamine groups is 6. The SMILES string of the molecule is CC1CC(=O)N(OC(=O)CCN2C(=O)CC(C(C)C)C2=O)C1=O.COS(=O)(=O)C(CC(C)SC(C)C)C(=O)ON1C(=O)CC(C)C1=O.[2H]C1CC(=C)N(OC(=O)CCCN2C(=O)CC(C(C)C)C2=O)C1=O. The van der Waals surface area contributed by atoms with Gasteiger partial charge in [0.25, 0.3) is 39.7 Å². The third-order valence-corrected chi connectivity index (χ3v) is 14.3. The van der Waals surface area contributed by atoms with Gasteiger partial charge in [-0.2, -0.15) is 20.2 Å². The molecule has 0 aromatic carbocycles. The van der Waals surface area contributed by atoms with Gasteiger partial charge in [-0.05, 0) is 36.3 Å².